The Morgan fingerprint density at radius 3 is 2.74 bits per heavy atom. The van der Waals surface area contributed by atoms with Gasteiger partial charge in [0.2, 0.25) is 5.09 Å². The van der Waals surface area contributed by atoms with Crippen molar-refractivity contribution in [3.63, 3.8) is 0 Å². The van der Waals surface area contributed by atoms with E-state index in [1.165, 1.54) is 17.4 Å². The Kier molecular flexibility index (Phi) is 5.78. The summed E-state index contributed by atoms with van der Waals surface area (Å²) in [7, 11) is -2.05. The molecule has 1 aromatic heterocycles. The van der Waals surface area contributed by atoms with Crippen LogP contribution in [0.25, 0.3) is 0 Å². The first-order valence-corrected chi connectivity index (χ1v) is 7.72. The number of nitrogens with one attached hydrogen (secondary N) is 1. The van der Waals surface area contributed by atoms with E-state index in [-0.39, 0.29) is 11.6 Å². The van der Waals surface area contributed by atoms with Crippen LogP contribution in [0.4, 0.5) is 0 Å². The van der Waals surface area contributed by atoms with Crippen LogP contribution in [0, 0.1) is 0 Å². The molecule has 0 saturated heterocycles. The minimum absolute atomic E-state index is 0.0236. The van der Waals surface area contributed by atoms with Crippen molar-refractivity contribution in [3.8, 4) is 0 Å². The molecule has 1 rings (SSSR count). The maximum atomic E-state index is 12.2. The van der Waals surface area contributed by atoms with Gasteiger partial charge in [0.25, 0.3) is 10.0 Å². The van der Waals surface area contributed by atoms with E-state index in [1.54, 1.807) is 13.0 Å². The molecule has 0 radical (unpaired) electrons. The predicted molar refractivity (Wildman–Crippen MR) is 75.3 cm³/mol. The highest BCUT2D eigenvalue weighted by Gasteiger charge is 2.24. The van der Waals surface area contributed by atoms with Gasteiger partial charge in [-0.1, -0.05) is 19.1 Å². The average molecular weight is 286 g/mol. The van der Waals surface area contributed by atoms with Gasteiger partial charge in [-0.25, -0.2) is 8.42 Å². The number of hydrogen-bond donors (Lipinski definition) is 1. The Labute approximate surface area is 115 Å². The van der Waals surface area contributed by atoms with Gasteiger partial charge in [-0.05, 0) is 32.0 Å². The third kappa shape index (κ3) is 4.49. The van der Waals surface area contributed by atoms with Crippen molar-refractivity contribution in [2.24, 2.45) is 0 Å². The minimum Gasteiger partial charge on any atom is -0.447 e. The molecule has 0 fully saturated rings. The maximum absolute atomic E-state index is 12.2. The number of likely N-dealkylation sites (N-methyl/N-ethyl adjacent to an activating group) is 1. The van der Waals surface area contributed by atoms with Gasteiger partial charge >= 0.3 is 0 Å². The molecule has 1 aromatic rings. The monoisotopic (exact) mass is 286 g/mol. The normalized spacial score (nSPS) is 12.0. The Hall–Kier alpha value is -1.11. The maximum Gasteiger partial charge on any atom is 0.276 e. The summed E-state index contributed by atoms with van der Waals surface area (Å²) in [5.74, 6) is 0.621. The Bertz CT molecular complexity index is 520. The van der Waals surface area contributed by atoms with Crippen LogP contribution in [0.3, 0.4) is 0 Å². The molecule has 0 spiro atoms. The molecule has 0 bridgehead atoms. The van der Waals surface area contributed by atoms with Crippen LogP contribution in [-0.4, -0.2) is 32.9 Å². The molecule has 0 aliphatic heterocycles. The summed E-state index contributed by atoms with van der Waals surface area (Å²) in [6.07, 6.45) is 1.02. The molecule has 1 N–H and O–H groups in total. The molecule has 0 aromatic carbocycles. The van der Waals surface area contributed by atoms with Gasteiger partial charge in [-0.2, -0.15) is 4.31 Å². The van der Waals surface area contributed by atoms with Gasteiger partial charge in [-0.3, -0.25) is 0 Å². The van der Waals surface area contributed by atoms with Gasteiger partial charge in [0, 0.05) is 13.6 Å². The Balaban J connectivity index is 2.76. The number of nitrogens with zero attached hydrogens (tertiary/aromatic N) is 1. The molecular formula is C13H22N2O3S. The van der Waals surface area contributed by atoms with Crippen LogP contribution in [-0.2, 0) is 16.6 Å². The van der Waals surface area contributed by atoms with Gasteiger partial charge in [0.1, 0.15) is 5.76 Å². The Morgan fingerprint density at radius 2 is 2.16 bits per heavy atom. The van der Waals surface area contributed by atoms with Crippen molar-refractivity contribution in [1.29, 1.82) is 0 Å². The fourth-order valence-electron chi connectivity index (χ4n) is 1.60. The van der Waals surface area contributed by atoms with Gasteiger partial charge in [0.15, 0.2) is 0 Å². The van der Waals surface area contributed by atoms with E-state index in [0.717, 1.165) is 18.5 Å². The second-order valence-electron chi connectivity index (χ2n) is 4.62. The molecule has 1 heterocycles. The summed E-state index contributed by atoms with van der Waals surface area (Å²) in [4.78, 5) is 0. The minimum atomic E-state index is -3.57. The van der Waals surface area contributed by atoms with Gasteiger partial charge < -0.3 is 9.73 Å². The molecule has 108 valence electrons. The first-order valence-electron chi connectivity index (χ1n) is 6.28. The molecule has 0 unspecified atom stereocenters. The first-order chi connectivity index (χ1) is 8.87. The second-order valence-corrected chi connectivity index (χ2v) is 6.59. The molecular weight excluding hydrogens is 264 g/mol. The molecule has 0 aliphatic carbocycles. The van der Waals surface area contributed by atoms with E-state index in [1.807, 2.05) is 0 Å². The van der Waals surface area contributed by atoms with Crippen molar-refractivity contribution in [3.05, 3.63) is 30.0 Å². The number of hydrogen-bond acceptors (Lipinski definition) is 4. The van der Waals surface area contributed by atoms with Crippen molar-refractivity contribution >= 4 is 10.0 Å². The molecule has 0 aliphatic rings. The highest BCUT2D eigenvalue weighted by molar-refractivity contribution is 7.89. The summed E-state index contributed by atoms with van der Waals surface area (Å²) in [6.45, 7) is 9.26. The van der Waals surface area contributed by atoms with E-state index in [0.29, 0.717) is 12.3 Å². The lowest BCUT2D eigenvalue weighted by molar-refractivity contribution is 0.385. The zero-order chi connectivity index (χ0) is 14.5. The van der Waals surface area contributed by atoms with Gasteiger partial charge in [0.05, 0.1) is 6.54 Å². The SMILES string of the molecule is C=C(C)CN(C)S(=O)(=O)c1ccc(CNCCC)o1. The third-order valence-electron chi connectivity index (χ3n) is 2.52. The smallest absolute Gasteiger partial charge is 0.276 e. The van der Waals surface area contributed by atoms with E-state index in [9.17, 15) is 8.42 Å². The van der Waals surface area contributed by atoms with Crippen molar-refractivity contribution in [2.45, 2.75) is 31.9 Å². The second kappa shape index (κ2) is 6.88. The highest BCUT2D eigenvalue weighted by atomic mass is 32.2. The lowest BCUT2D eigenvalue weighted by Crippen LogP contribution is -2.28. The largest absolute Gasteiger partial charge is 0.447 e. The van der Waals surface area contributed by atoms with Crippen LogP contribution in [0.15, 0.2) is 33.8 Å². The van der Waals surface area contributed by atoms with Crippen LogP contribution in [0.2, 0.25) is 0 Å². The highest BCUT2D eigenvalue weighted by Crippen LogP contribution is 2.18. The van der Waals surface area contributed by atoms with Crippen LogP contribution >= 0.6 is 0 Å². The first kappa shape index (κ1) is 15.9. The lowest BCUT2D eigenvalue weighted by Gasteiger charge is -2.14. The van der Waals surface area contributed by atoms with Crippen LogP contribution in [0.1, 0.15) is 26.0 Å². The lowest BCUT2D eigenvalue weighted by atomic mass is 10.4. The predicted octanol–water partition coefficient (Wildman–Crippen LogP) is 1.98. The molecule has 0 amide bonds. The van der Waals surface area contributed by atoms with E-state index < -0.39 is 10.0 Å². The van der Waals surface area contributed by atoms with Crippen LogP contribution < -0.4 is 5.32 Å². The summed E-state index contributed by atoms with van der Waals surface area (Å²) < 4.78 is 31.0. The molecule has 0 atom stereocenters. The fraction of sp³-hybridized carbons (Fsp3) is 0.538. The zero-order valence-corrected chi connectivity index (χ0v) is 12.6. The van der Waals surface area contributed by atoms with Crippen LogP contribution in [0.5, 0.6) is 0 Å². The summed E-state index contributed by atoms with van der Waals surface area (Å²) in [5, 5.41) is 3.14. The zero-order valence-electron chi connectivity index (χ0n) is 11.8. The quantitative estimate of drug-likeness (QED) is 0.586. The average Bonchev–Trinajstić information content (AvgIpc) is 2.78. The molecule has 19 heavy (non-hydrogen) atoms. The number of furan rings is 1. The van der Waals surface area contributed by atoms with E-state index in [4.69, 9.17) is 4.42 Å². The fourth-order valence-corrected chi connectivity index (χ4v) is 2.75. The topological polar surface area (TPSA) is 62.6 Å². The van der Waals surface area contributed by atoms with Crippen molar-refractivity contribution < 1.29 is 12.8 Å². The third-order valence-corrected chi connectivity index (χ3v) is 4.20. The summed E-state index contributed by atoms with van der Waals surface area (Å²) in [5.41, 5.74) is 0.780. The van der Waals surface area contributed by atoms with E-state index in [2.05, 4.69) is 18.8 Å². The van der Waals surface area contributed by atoms with Gasteiger partial charge in [-0.15, -0.1) is 0 Å². The molecule has 6 heteroatoms. The summed E-state index contributed by atoms with van der Waals surface area (Å²) >= 11 is 0. The molecule has 5 nitrogen and oxygen atoms in total. The molecule has 0 saturated carbocycles. The summed E-state index contributed by atoms with van der Waals surface area (Å²) in [6, 6.07) is 3.18. The number of sulfonamides is 1. The standard InChI is InChI=1S/C13H22N2O3S/c1-5-8-14-9-12-6-7-13(18-12)19(16,17)15(4)10-11(2)3/h6-7,14H,2,5,8-10H2,1,3-4H3. The van der Waals surface area contributed by atoms with E-state index >= 15 is 0 Å². The Morgan fingerprint density at radius 1 is 1.47 bits per heavy atom. The number of rotatable bonds is 8. The van der Waals surface area contributed by atoms with Crippen molar-refractivity contribution in [1.82, 2.24) is 9.62 Å². The van der Waals surface area contributed by atoms with Crippen molar-refractivity contribution in [2.75, 3.05) is 20.1 Å².